The Bertz CT molecular complexity index is 730. The molecule has 0 heterocycles. The molecule has 1 aromatic rings. The van der Waals surface area contributed by atoms with Crippen molar-refractivity contribution >= 4 is 22.0 Å². The van der Waals surface area contributed by atoms with Crippen molar-refractivity contribution in [3.63, 3.8) is 0 Å². The van der Waals surface area contributed by atoms with Crippen LogP contribution >= 0.6 is 0 Å². The number of carbonyl (C=O) groups excluding carboxylic acids is 1. The van der Waals surface area contributed by atoms with Crippen LogP contribution in [0.25, 0.3) is 0 Å². The number of benzene rings is 1. The maximum Gasteiger partial charge on any atom is 0.338 e. The Labute approximate surface area is 147 Å². The summed E-state index contributed by atoms with van der Waals surface area (Å²) in [4.78, 5) is 22.9. The number of esters is 1. The van der Waals surface area contributed by atoms with Crippen molar-refractivity contribution in [3.8, 4) is 5.75 Å². The van der Waals surface area contributed by atoms with Crippen LogP contribution in [0.3, 0.4) is 0 Å². The maximum absolute atomic E-state index is 12.7. The minimum atomic E-state index is -4.24. The van der Waals surface area contributed by atoms with Crippen LogP contribution in [-0.2, 0) is 19.6 Å². The van der Waals surface area contributed by atoms with Gasteiger partial charge in [0.15, 0.2) is 0 Å². The first-order valence-electron chi connectivity index (χ1n) is 7.78. The highest BCUT2D eigenvalue weighted by atomic mass is 32.2. The summed E-state index contributed by atoms with van der Waals surface area (Å²) < 4.78 is 37.4. The molecule has 140 valence electrons. The van der Waals surface area contributed by atoms with Gasteiger partial charge in [-0.2, -0.15) is 4.72 Å². The summed E-state index contributed by atoms with van der Waals surface area (Å²) >= 11 is 0. The van der Waals surface area contributed by atoms with E-state index in [9.17, 15) is 23.1 Å². The average Bonchev–Trinajstić information content (AvgIpc) is 2.58. The Morgan fingerprint density at radius 1 is 1.28 bits per heavy atom. The zero-order chi connectivity index (χ0) is 19.2. The number of hydrogen-bond donors (Lipinski definition) is 2. The van der Waals surface area contributed by atoms with Crippen molar-refractivity contribution < 1.29 is 32.6 Å². The number of methoxy groups -OCH3 is 1. The van der Waals surface area contributed by atoms with Gasteiger partial charge in [0.25, 0.3) is 0 Å². The van der Waals surface area contributed by atoms with Gasteiger partial charge >= 0.3 is 11.9 Å². The standard InChI is InChI=1S/C16H23NO7S/c1-5-10(3)14(15(18)19)17-25(21,22)13-9-11(16(20)24-6-2)7-8-12(13)23-4/h7-10,14,17H,5-6H2,1-4H3,(H,18,19)/t10-,14-/m0/s1. The molecule has 0 aromatic heterocycles. The lowest BCUT2D eigenvalue weighted by molar-refractivity contribution is -0.140. The predicted octanol–water partition coefficient (Wildman–Crippen LogP) is 1.65. The zero-order valence-corrected chi connectivity index (χ0v) is 15.4. The van der Waals surface area contributed by atoms with Crippen LogP contribution in [-0.4, -0.2) is 45.2 Å². The molecule has 0 unspecified atom stereocenters. The highest BCUT2D eigenvalue weighted by Crippen LogP contribution is 2.26. The lowest BCUT2D eigenvalue weighted by Crippen LogP contribution is -2.45. The Morgan fingerprint density at radius 3 is 2.40 bits per heavy atom. The van der Waals surface area contributed by atoms with E-state index in [0.717, 1.165) is 6.07 Å². The van der Waals surface area contributed by atoms with Gasteiger partial charge in [-0.15, -0.1) is 0 Å². The highest BCUT2D eigenvalue weighted by Gasteiger charge is 2.31. The molecule has 0 radical (unpaired) electrons. The molecule has 8 nitrogen and oxygen atoms in total. The van der Waals surface area contributed by atoms with Crippen LogP contribution in [0.4, 0.5) is 0 Å². The van der Waals surface area contributed by atoms with E-state index < -0.39 is 33.9 Å². The molecule has 0 aliphatic heterocycles. The van der Waals surface area contributed by atoms with Crippen molar-refractivity contribution in [1.29, 1.82) is 0 Å². The van der Waals surface area contributed by atoms with Gasteiger partial charge in [0.1, 0.15) is 16.7 Å². The second-order valence-electron chi connectivity index (χ2n) is 5.41. The van der Waals surface area contributed by atoms with Crippen LogP contribution in [0.5, 0.6) is 5.75 Å². The number of aliphatic carboxylic acids is 1. The smallest absolute Gasteiger partial charge is 0.338 e. The van der Waals surface area contributed by atoms with Crippen LogP contribution in [0.15, 0.2) is 23.1 Å². The number of carbonyl (C=O) groups is 2. The Kier molecular flexibility index (Phi) is 7.38. The van der Waals surface area contributed by atoms with Gasteiger partial charge in [0, 0.05) is 0 Å². The van der Waals surface area contributed by atoms with E-state index in [4.69, 9.17) is 9.47 Å². The second-order valence-corrected chi connectivity index (χ2v) is 7.09. The van der Waals surface area contributed by atoms with Gasteiger partial charge in [0.05, 0.1) is 19.3 Å². The molecule has 0 saturated carbocycles. The largest absolute Gasteiger partial charge is 0.495 e. The summed E-state index contributed by atoms with van der Waals surface area (Å²) in [5, 5.41) is 9.29. The predicted molar refractivity (Wildman–Crippen MR) is 90.2 cm³/mol. The van der Waals surface area contributed by atoms with E-state index in [-0.39, 0.29) is 22.8 Å². The first kappa shape index (κ1) is 20.9. The van der Waals surface area contributed by atoms with Crippen molar-refractivity contribution in [2.45, 2.75) is 38.1 Å². The molecule has 0 aliphatic carbocycles. The topological polar surface area (TPSA) is 119 Å². The quantitative estimate of drug-likeness (QED) is 0.632. The van der Waals surface area contributed by atoms with Crippen LogP contribution in [0.1, 0.15) is 37.6 Å². The first-order valence-corrected chi connectivity index (χ1v) is 9.26. The van der Waals surface area contributed by atoms with Gasteiger partial charge < -0.3 is 14.6 Å². The SMILES string of the molecule is CCOC(=O)c1ccc(OC)c(S(=O)(=O)N[C@H](C(=O)O)[C@@H](C)CC)c1. The number of carboxylic acid groups (broad SMARTS) is 1. The fourth-order valence-electron chi connectivity index (χ4n) is 2.10. The third-order valence-corrected chi connectivity index (χ3v) is 5.19. The molecule has 2 N–H and O–H groups in total. The van der Waals surface area contributed by atoms with E-state index >= 15 is 0 Å². The minimum Gasteiger partial charge on any atom is -0.495 e. The summed E-state index contributed by atoms with van der Waals surface area (Å²) in [6, 6.07) is 2.50. The fraction of sp³-hybridized carbons (Fsp3) is 0.500. The molecule has 0 saturated heterocycles. The summed E-state index contributed by atoms with van der Waals surface area (Å²) in [7, 11) is -2.96. The van der Waals surface area contributed by atoms with Crippen molar-refractivity contribution in [2.24, 2.45) is 5.92 Å². The average molecular weight is 373 g/mol. The normalized spacial score (nSPS) is 13.8. The molecule has 1 rings (SSSR count). The molecule has 0 spiro atoms. The van der Waals surface area contributed by atoms with Gasteiger partial charge in [-0.1, -0.05) is 20.3 Å². The lowest BCUT2D eigenvalue weighted by Gasteiger charge is -2.21. The van der Waals surface area contributed by atoms with Gasteiger partial charge in [-0.25, -0.2) is 13.2 Å². The van der Waals surface area contributed by atoms with Gasteiger partial charge in [-0.05, 0) is 31.0 Å². The number of rotatable bonds is 9. The molecule has 0 amide bonds. The van der Waals surface area contributed by atoms with E-state index in [2.05, 4.69) is 4.72 Å². The lowest BCUT2D eigenvalue weighted by atomic mass is 10.0. The minimum absolute atomic E-state index is 0.00570. The second kappa shape index (κ2) is 8.82. The number of nitrogens with one attached hydrogen (secondary N) is 1. The van der Waals surface area contributed by atoms with E-state index in [1.165, 1.54) is 19.2 Å². The third-order valence-electron chi connectivity index (χ3n) is 3.73. The molecule has 2 atom stereocenters. The number of ether oxygens (including phenoxy) is 2. The van der Waals surface area contributed by atoms with Gasteiger partial charge in [-0.3, -0.25) is 4.79 Å². The first-order chi connectivity index (χ1) is 11.7. The van der Waals surface area contributed by atoms with Crippen molar-refractivity contribution in [3.05, 3.63) is 23.8 Å². The van der Waals surface area contributed by atoms with Crippen LogP contribution < -0.4 is 9.46 Å². The number of hydrogen-bond acceptors (Lipinski definition) is 6. The Balaban J connectivity index is 3.32. The number of carboxylic acids is 1. The zero-order valence-electron chi connectivity index (χ0n) is 14.6. The van der Waals surface area contributed by atoms with Crippen molar-refractivity contribution in [2.75, 3.05) is 13.7 Å². The third kappa shape index (κ3) is 5.17. The summed E-state index contributed by atoms with van der Waals surface area (Å²) in [6.45, 7) is 5.16. The van der Waals surface area contributed by atoms with E-state index in [1.54, 1.807) is 20.8 Å². The Hall–Kier alpha value is -2.13. The fourth-order valence-corrected chi connectivity index (χ4v) is 3.60. The summed E-state index contributed by atoms with van der Waals surface area (Å²) in [6.07, 6.45) is 0.472. The monoisotopic (exact) mass is 373 g/mol. The molecule has 1 aromatic carbocycles. The molecule has 25 heavy (non-hydrogen) atoms. The van der Waals surface area contributed by atoms with E-state index in [0.29, 0.717) is 6.42 Å². The van der Waals surface area contributed by atoms with E-state index in [1.807, 2.05) is 0 Å². The highest BCUT2D eigenvalue weighted by molar-refractivity contribution is 7.89. The summed E-state index contributed by atoms with van der Waals surface area (Å²) in [5.41, 5.74) is 0.0263. The van der Waals surface area contributed by atoms with Gasteiger partial charge in [0.2, 0.25) is 10.0 Å². The van der Waals surface area contributed by atoms with Crippen LogP contribution in [0.2, 0.25) is 0 Å². The van der Waals surface area contributed by atoms with Crippen LogP contribution in [0, 0.1) is 5.92 Å². The number of sulfonamides is 1. The van der Waals surface area contributed by atoms with Crippen molar-refractivity contribution in [1.82, 2.24) is 4.72 Å². The molecular formula is C16H23NO7S. The summed E-state index contributed by atoms with van der Waals surface area (Å²) in [5.74, 6) is -2.39. The Morgan fingerprint density at radius 2 is 1.92 bits per heavy atom. The molecule has 0 bridgehead atoms. The molecular weight excluding hydrogens is 350 g/mol. The molecule has 0 fully saturated rings. The maximum atomic E-state index is 12.7. The molecule has 0 aliphatic rings. The molecule has 9 heteroatoms.